The van der Waals surface area contributed by atoms with Crippen molar-refractivity contribution < 1.29 is 9.90 Å². The number of carbonyl (C=O) groups is 1. The van der Waals surface area contributed by atoms with E-state index in [4.69, 9.17) is 0 Å². The third-order valence-corrected chi connectivity index (χ3v) is 6.13. The molecule has 1 N–H and O–H groups in total. The Kier molecular flexibility index (Phi) is 6.45. The number of ketones is 1. The Labute approximate surface area is 195 Å². The second-order valence-electron chi connectivity index (χ2n) is 8.96. The van der Waals surface area contributed by atoms with E-state index in [1.165, 1.54) is 5.56 Å². The molecule has 0 aliphatic carbocycles. The van der Waals surface area contributed by atoms with Gasteiger partial charge in [-0.25, -0.2) is 4.98 Å². The maximum absolute atomic E-state index is 13.7. The van der Waals surface area contributed by atoms with Gasteiger partial charge in [0.05, 0.1) is 5.92 Å². The lowest BCUT2D eigenvalue weighted by molar-refractivity contribution is 0.0942. The molecule has 0 saturated carbocycles. The fourth-order valence-electron chi connectivity index (χ4n) is 4.28. The molecule has 0 spiro atoms. The van der Waals surface area contributed by atoms with Crippen LogP contribution in [-0.2, 0) is 6.42 Å². The first-order valence-corrected chi connectivity index (χ1v) is 11.4. The zero-order valence-corrected chi connectivity index (χ0v) is 19.6. The van der Waals surface area contributed by atoms with Crippen LogP contribution < -0.4 is 0 Å². The predicted octanol–water partition coefficient (Wildman–Crippen LogP) is 6.66. The van der Waals surface area contributed by atoms with Gasteiger partial charge in [-0.3, -0.25) is 4.79 Å². The van der Waals surface area contributed by atoms with Crippen LogP contribution in [0.4, 0.5) is 0 Å². The van der Waals surface area contributed by atoms with Gasteiger partial charge in [0.1, 0.15) is 5.75 Å². The number of phenolic OH excluding ortho intramolecular Hbond substituents is 1. The van der Waals surface area contributed by atoms with Crippen molar-refractivity contribution in [3.8, 4) is 16.9 Å². The van der Waals surface area contributed by atoms with Crippen LogP contribution in [0.5, 0.6) is 5.75 Å². The highest BCUT2D eigenvalue weighted by Gasteiger charge is 2.27. The number of benzene rings is 3. The maximum atomic E-state index is 13.7. The van der Waals surface area contributed by atoms with Crippen LogP contribution >= 0.6 is 0 Å². The Hall–Kier alpha value is -3.66. The Bertz CT molecular complexity index is 1250. The number of aromatic hydroxyl groups is 1. The summed E-state index contributed by atoms with van der Waals surface area (Å²) in [5, 5.41) is 10.8. The first kappa shape index (κ1) is 22.5. The van der Waals surface area contributed by atoms with Gasteiger partial charge < -0.3 is 9.67 Å². The summed E-state index contributed by atoms with van der Waals surface area (Å²) in [5.74, 6) is 0.386. The molecule has 168 valence electrons. The van der Waals surface area contributed by atoms with Crippen molar-refractivity contribution in [3.63, 3.8) is 0 Å². The summed E-state index contributed by atoms with van der Waals surface area (Å²) in [6.07, 6.45) is 4.07. The molecule has 0 radical (unpaired) electrons. The van der Waals surface area contributed by atoms with Gasteiger partial charge in [0.2, 0.25) is 5.78 Å². The number of hydrogen-bond donors (Lipinski definition) is 1. The summed E-state index contributed by atoms with van der Waals surface area (Å²) < 4.78 is 1.93. The van der Waals surface area contributed by atoms with Crippen LogP contribution in [0.25, 0.3) is 11.1 Å². The smallest absolute Gasteiger partial charge is 0.206 e. The second kappa shape index (κ2) is 9.45. The van der Waals surface area contributed by atoms with Crippen molar-refractivity contribution in [2.75, 3.05) is 0 Å². The fraction of sp³-hybridized carbons (Fsp3) is 0.241. The van der Waals surface area contributed by atoms with Gasteiger partial charge in [0, 0.05) is 24.0 Å². The van der Waals surface area contributed by atoms with Crippen LogP contribution in [0.2, 0.25) is 0 Å². The molecule has 0 saturated heterocycles. The topological polar surface area (TPSA) is 55.1 Å². The van der Waals surface area contributed by atoms with E-state index in [2.05, 4.69) is 4.98 Å². The third kappa shape index (κ3) is 4.75. The molecule has 0 aliphatic rings. The molecule has 4 rings (SSSR count). The third-order valence-electron chi connectivity index (χ3n) is 6.13. The van der Waals surface area contributed by atoms with Gasteiger partial charge in [-0.1, -0.05) is 66.2 Å². The van der Waals surface area contributed by atoms with E-state index in [1.54, 1.807) is 6.20 Å². The maximum Gasteiger partial charge on any atom is 0.206 e. The molecule has 0 unspecified atom stereocenters. The van der Waals surface area contributed by atoms with Crippen molar-refractivity contribution in [3.05, 3.63) is 107 Å². The molecule has 33 heavy (non-hydrogen) atoms. The molecular weight excluding hydrogens is 408 g/mol. The number of aryl methyl sites for hydroxylation is 2. The van der Waals surface area contributed by atoms with Crippen LogP contribution in [0.3, 0.4) is 0 Å². The number of imidazole rings is 1. The largest absolute Gasteiger partial charge is 0.507 e. The number of hydrogen-bond acceptors (Lipinski definition) is 3. The monoisotopic (exact) mass is 438 g/mol. The Morgan fingerprint density at radius 2 is 1.70 bits per heavy atom. The van der Waals surface area contributed by atoms with Gasteiger partial charge in [-0.2, -0.15) is 0 Å². The summed E-state index contributed by atoms with van der Waals surface area (Å²) in [6.45, 7) is 8.05. The van der Waals surface area contributed by atoms with Crippen LogP contribution in [0.15, 0.2) is 79.1 Å². The number of nitrogens with zero attached hydrogens (tertiary/aromatic N) is 2. The van der Waals surface area contributed by atoms with Crippen LogP contribution in [0.1, 0.15) is 58.7 Å². The standard InChI is InChI=1S/C29H30N2O2/c1-19(2)31-15-14-30-29(31)28(33)26(23-8-6-5-7-9-23)18-22-16-21(4)27(32)25(17-22)24-12-10-20(3)11-13-24/h5-17,19,26,32H,18H2,1-4H3/t26-/m0/s1. The molecule has 0 aliphatic heterocycles. The van der Waals surface area contributed by atoms with E-state index in [0.29, 0.717) is 12.2 Å². The van der Waals surface area contributed by atoms with E-state index < -0.39 is 0 Å². The average molecular weight is 439 g/mol. The fourth-order valence-corrected chi connectivity index (χ4v) is 4.28. The molecule has 3 aromatic carbocycles. The average Bonchev–Trinajstić information content (AvgIpc) is 3.31. The van der Waals surface area contributed by atoms with E-state index in [-0.39, 0.29) is 23.5 Å². The van der Waals surface area contributed by atoms with Crippen LogP contribution in [0, 0.1) is 13.8 Å². The molecule has 1 aromatic heterocycles. The minimum Gasteiger partial charge on any atom is -0.507 e. The van der Waals surface area contributed by atoms with E-state index >= 15 is 0 Å². The van der Waals surface area contributed by atoms with Crippen molar-refractivity contribution in [2.24, 2.45) is 0 Å². The van der Waals surface area contributed by atoms with Gasteiger partial charge in [-0.05, 0) is 62.4 Å². The second-order valence-corrected chi connectivity index (χ2v) is 8.96. The van der Waals surface area contributed by atoms with Crippen molar-refractivity contribution in [1.29, 1.82) is 0 Å². The molecule has 0 bridgehead atoms. The molecule has 0 amide bonds. The van der Waals surface area contributed by atoms with Gasteiger partial charge in [0.25, 0.3) is 0 Å². The Morgan fingerprint density at radius 1 is 1.00 bits per heavy atom. The molecular formula is C29H30N2O2. The Morgan fingerprint density at radius 3 is 2.36 bits per heavy atom. The van der Waals surface area contributed by atoms with Crippen molar-refractivity contribution in [1.82, 2.24) is 9.55 Å². The first-order valence-electron chi connectivity index (χ1n) is 11.4. The first-order chi connectivity index (χ1) is 15.8. The highest BCUT2D eigenvalue weighted by atomic mass is 16.3. The van der Waals surface area contributed by atoms with Crippen molar-refractivity contribution in [2.45, 2.75) is 46.1 Å². The predicted molar refractivity (Wildman–Crippen MR) is 133 cm³/mol. The summed E-state index contributed by atoms with van der Waals surface area (Å²) in [4.78, 5) is 18.2. The van der Waals surface area contributed by atoms with Crippen LogP contribution in [-0.4, -0.2) is 20.4 Å². The minimum atomic E-state index is -0.374. The lowest BCUT2D eigenvalue weighted by Crippen LogP contribution is -2.21. The lowest BCUT2D eigenvalue weighted by Gasteiger charge is -2.20. The summed E-state index contributed by atoms with van der Waals surface area (Å²) in [6, 6.07) is 22.1. The summed E-state index contributed by atoms with van der Waals surface area (Å²) in [5.41, 5.74) is 5.68. The number of rotatable bonds is 7. The lowest BCUT2D eigenvalue weighted by atomic mass is 9.86. The molecule has 0 fully saturated rings. The molecule has 4 aromatic rings. The number of phenols is 1. The van der Waals surface area contributed by atoms with Crippen molar-refractivity contribution >= 4 is 5.78 Å². The normalized spacial score (nSPS) is 12.2. The highest BCUT2D eigenvalue weighted by Crippen LogP contribution is 2.35. The molecule has 4 heteroatoms. The quantitative estimate of drug-likeness (QED) is 0.328. The van der Waals surface area contributed by atoms with Gasteiger partial charge in [0.15, 0.2) is 5.82 Å². The number of Topliss-reactive ketones (excluding diaryl/α,β-unsaturated/α-hetero) is 1. The van der Waals surface area contributed by atoms with E-state index in [9.17, 15) is 9.90 Å². The van der Waals surface area contributed by atoms with E-state index in [0.717, 1.165) is 27.8 Å². The number of aromatic nitrogens is 2. The zero-order valence-electron chi connectivity index (χ0n) is 19.6. The van der Waals surface area contributed by atoms with Gasteiger partial charge >= 0.3 is 0 Å². The Balaban J connectivity index is 1.76. The SMILES string of the molecule is Cc1ccc(-c2cc(C[C@H](C(=O)c3nccn3C(C)C)c3ccccc3)cc(C)c2O)cc1. The molecule has 1 atom stereocenters. The minimum absolute atomic E-state index is 0.00233. The molecule has 4 nitrogen and oxygen atoms in total. The zero-order chi connectivity index (χ0) is 23.5. The van der Waals surface area contributed by atoms with E-state index in [1.807, 2.05) is 105 Å². The van der Waals surface area contributed by atoms with Gasteiger partial charge in [-0.15, -0.1) is 0 Å². The molecule has 1 heterocycles. The summed E-state index contributed by atoms with van der Waals surface area (Å²) >= 11 is 0. The number of carbonyl (C=O) groups excluding carboxylic acids is 1. The highest BCUT2D eigenvalue weighted by molar-refractivity contribution is 5.98. The summed E-state index contributed by atoms with van der Waals surface area (Å²) in [7, 11) is 0.